The van der Waals surface area contributed by atoms with Crippen LogP contribution in [0.5, 0.6) is 0 Å². The third kappa shape index (κ3) is 5.92. The van der Waals surface area contributed by atoms with E-state index in [-0.39, 0.29) is 18.7 Å². The highest BCUT2D eigenvalue weighted by Crippen LogP contribution is 2.32. The van der Waals surface area contributed by atoms with Crippen molar-refractivity contribution in [2.75, 3.05) is 6.61 Å². The molecule has 1 unspecified atom stereocenters. The summed E-state index contributed by atoms with van der Waals surface area (Å²) in [5.41, 5.74) is 2.84. The number of nitrogens with one attached hydrogen (secondary N) is 1. The average Bonchev–Trinajstić information content (AvgIpc) is 3.63. The van der Waals surface area contributed by atoms with Crippen molar-refractivity contribution in [1.82, 2.24) is 10.2 Å². The van der Waals surface area contributed by atoms with Crippen molar-refractivity contribution in [2.45, 2.75) is 38.7 Å². The smallest absolute Gasteiger partial charge is 0.338 e. The summed E-state index contributed by atoms with van der Waals surface area (Å²) in [5.74, 6) is -1.69. The van der Waals surface area contributed by atoms with Crippen molar-refractivity contribution in [3.8, 4) is 0 Å². The van der Waals surface area contributed by atoms with Crippen LogP contribution in [-0.2, 0) is 19.0 Å². The summed E-state index contributed by atoms with van der Waals surface area (Å²) in [6.45, 7) is 3.60. The number of nitrogens with zero attached hydrogens (tertiary/aromatic N) is 1. The molecule has 200 valence electrons. The molecule has 2 aromatic carbocycles. The maximum absolute atomic E-state index is 12.9. The van der Waals surface area contributed by atoms with E-state index >= 15 is 0 Å². The minimum atomic E-state index is -0.929. The highest BCUT2D eigenvalue weighted by atomic mass is 32.1. The molecule has 2 fully saturated rings. The van der Waals surface area contributed by atoms with Crippen molar-refractivity contribution in [3.63, 3.8) is 0 Å². The molecule has 0 radical (unpaired) electrons. The fourth-order valence-corrected chi connectivity index (χ4v) is 4.98. The number of hydrogen-bond acceptors (Lipinski definition) is 8. The summed E-state index contributed by atoms with van der Waals surface area (Å²) in [6.07, 6.45) is -0.966. The van der Waals surface area contributed by atoms with Gasteiger partial charge in [0.2, 0.25) is 0 Å². The number of amides is 3. The number of benzene rings is 2. The second kappa shape index (κ2) is 11.2. The van der Waals surface area contributed by atoms with E-state index in [1.807, 2.05) is 31.4 Å². The Kier molecular flexibility index (Phi) is 7.58. The summed E-state index contributed by atoms with van der Waals surface area (Å²) in [5, 5.41) is 4.15. The van der Waals surface area contributed by atoms with Gasteiger partial charge < -0.3 is 14.2 Å². The van der Waals surface area contributed by atoms with E-state index in [1.54, 1.807) is 54.6 Å². The minimum Gasteiger partial charge on any atom is -0.459 e. The van der Waals surface area contributed by atoms with Gasteiger partial charge in [-0.1, -0.05) is 41.5 Å². The number of urea groups is 1. The first-order chi connectivity index (χ1) is 18.8. The highest BCUT2D eigenvalue weighted by Gasteiger charge is 2.47. The van der Waals surface area contributed by atoms with Crippen LogP contribution < -0.4 is 5.32 Å². The number of imide groups is 1. The first-order valence-corrected chi connectivity index (χ1v) is 13.2. The van der Waals surface area contributed by atoms with E-state index in [1.165, 1.54) is 16.2 Å². The van der Waals surface area contributed by atoms with Crippen LogP contribution in [0.25, 0.3) is 6.08 Å². The number of carbonyl (C=O) groups excluding carboxylic acids is 4. The molecule has 2 saturated heterocycles. The van der Waals surface area contributed by atoms with Crippen LogP contribution in [-0.4, -0.2) is 53.8 Å². The molecule has 3 amide bonds. The van der Waals surface area contributed by atoms with Crippen molar-refractivity contribution < 1.29 is 33.4 Å². The molecule has 3 atom stereocenters. The Balaban J connectivity index is 1.36. The third-order valence-corrected chi connectivity index (χ3v) is 7.25. The summed E-state index contributed by atoms with van der Waals surface area (Å²) in [7, 11) is 0. The molecular formula is C29H26N2O7S. The molecule has 0 bridgehead atoms. The Labute approximate surface area is 229 Å². The molecule has 1 N–H and O–H groups in total. The van der Waals surface area contributed by atoms with Gasteiger partial charge >= 0.3 is 18.0 Å². The van der Waals surface area contributed by atoms with Crippen LogP contribution in [0.1, 0.15) is 43.1 Å². The minimum absolute atomic E-state index is 0.0762. The molecule has 10 heteroatoms. The van der Waals surface area contributed by atoms with Crippen LogP contribution >= 0.6 is 11.3 Å². The molecule has 9 nitrogen and oxygen atoms in total. The van der Waals surface area contributed by atoms with Gasteiger partial charge in [0.05, 0.1) is 11.1 Å². The van der Waals surface area contributed by atoms with Crippen LogP contribution in [0, 0.1) is 13.8 Å². The van der Waals surface area contributed by atoms with E-state index in [0.717, 1.165) is 16.0 Å². The fourth-order valence-electron chi connectivity index (χ4n) is 4.33. The Hall–Kier alpha value is -4.28. The van der Waals surface area contributed by atoms with E-state index in [0.29, 0.717) is 11.1 Å². The van der Waals surface area contributed by atoms with Crippen LogP contribution in [0.4, 0.5) is 4.79 Å². The number of carbonyl (C=O) groups is 4. The molecule has 1 aromatic heterocycles. The molecule has 0 saturated carbocycles. The number of thiophene rings is 1. The largest absolute Gasteiger partial charge is 0.459 e. The summed E-state index contributed by atoms with van der Waals surface area (Å²) in [4.78, 5) is 52.9. The molecule has 2 aliphatic rings. The molecule has 0 aliphatic carbocycles. The quantitative estimate of drug-likeness (QED) is 0.265. The zero-order valence-electron chi connectivity index (χ0n) is 21.3. The van der Waals surface area contributed by atoms with Gasteiger partial charge in [-0.2, -0.15) is 0 Å². The maximum Gasteiger partial charge on any atom is 0.338 e. The number of esters is 2. The lowest BCUT2D eigenvalue weighted by atomic mass is 10.1. The molecule has 3 aromatic rings. The topological polar surface area (TPSA) is 111 Å². The molecular weight excluding hydrogens is 520 g/mol. The van der Waals surface area contributed by atoms with E-state index in [4.69, 9.17) is 14.2 Å². The number of aryl methyl sites for hydroxylation is 2. The molecule has 0 spiro atoms. The first kappa shape index (κ1) is 26.3. The zero-order chi connectivity index (χ0) is 27.5. The van der Waals surface area contributed by atoms with Gasteiger partial charge in [-0.15, -0.1) is 11.3 Å². The van der Waals surface area contributed by atoms with Crippen molar-refractivity contribution in [2.24, 2.45) is 0 Å². The number of hydrogen-bond donors (Lipinski definition) is 1. The third-order valence-electron chi connectivity index (χ3n) is 6.43. The summed E-state index contributed by atoms with van der Waals surface area (Å²) < 4.78 is 17.4. The van der Waals surface area contributed by atoms with E-state index in [9.17, 15) is 19.2 Å². The highest BCUT2D eigenvalue weighted by molar-refractivity contribution is 7.10. The van der Waals surface area contributed by atoms with Gasteiger partial charge in [-0.3, -0.25) is 15.0 Å². The Morgan fingerprint density at radius 1 is 1.00 bits per heavy atom. The summed E-state index contributed by atoms with van der Waals surface area (Å²) in [6, 6.07) is 16.8. The van der Waals surface area contributed by atoms with Gasteiger partial charge in [0.25, 0.3) is 5.91 Å². The fraction of sp³-hybridized carbons (Fsp3) is 0.241. The van der Waals surface area contributed by atoms with Gasteiger partial charge in [0.15, 0.2) is 0 Å². The van der Waals surface area contributed by atoms with Crippen LogP contribution in [0.15, 0.2) is 71.7 Å². The lowest BCUT2D eigenvalue weighted by Crippen LogP contribution is -2.37. The number of ether oxygens (including phenoxy) is 3. The summed E-state index contributed by atoms with van der Waals surface area (Å²) >= 11 is 1.41. The maximum atomic E-state index is 12.9. The molecule has 3 heterocycles. The van der Waals surface area contributed by atoms with Crippen molar-refractivity contribution >= 4 is 41.3 Å². The second-order valence-corrected chi connectivity index (χ2v) is 10.3. The first-order valence-electron chi connectivity index (χ1n) is 12.3. The lowest BCUT2D eigenvalue weighted by molar-refractivity contribution is -0.116. The SMILES string of the molecule is Cc1ccc(C(=O)OC[C@H]2OC(N3C(=O)NC(=O)/C3=C/c3cccs3)C[C@@H]2OC(=O)c2ccc(C)cc2)cc1. The predicted octanol–water partition coefficient (Wildman–Crippen LogP) is 4.46. The average molecular weight is 547 g/mol. The second-order valence-electron chi connectivity index (χ2n) is 9.31. The Bertz CT molecular complexity index is 1410. The molecule has 2 aliphatic heterocycles. The van der Waals surface area contributed by atoms with Crippen molar-refractivity contribution in [1.29, 1.82) is 0 Å². The standard InChI is InChI=1S/C29H26N2O7S/c1-17-5-9-19(10-6-17)27(33)36-16-24-23(38-28(34)20-11-7-18(2)8-12-20)15-25(37-24)31-22(26(32)30-29(31)35)14-21-4-3-13-39-21/h3-14,23-25H,15-16H2,1-2H3,(H,30,32,35)/b22-14-/t23-,24+,25?/m0/s1. The number of rotatable bonds is 7. The van der Waals surface area contributed by atoms with Gasteiger partial charge in [-0.05, 0) is 55.6 Å². The predicted molar refractivity (Wildman–Crippen MR) is 143 cm³/mol. The molecule has 39 heavy (non-hydrogen) atoms. The molecule has 5 rings (SSSR count). The van der Waals surface area contributed by atoms with Gasteiger partial charge in [0, 0.05) is 11.3 Å². The monoisotopic (exact) mass is 546 g/mol. The van der Waals surface area contributed by atoms with Gasteiger partial charge in [0.1, 0.15) is 30.7 Å². The Morgan fingerprint density at radius 2 is 1.64 bits per heavy atom. The van der Waals surface area contributed by atoms with E-state index < -0.39 is 42.3 Å². The van der Waals surface area contributed by atoms with Gasteiger partial charge in [-0.25, -0.2) is 14.4 Å². The van der Waals surface area contributed by atoms with E-state index in [2.05, 4.69) is 5.32 Å². The van der Waals surface area contributed by atoms with Crippen molar-refractivity contribution in [3.05, 3.63) is 98.9 Å². The normalized spacial score (nSPS) is 21.7. The Morgan fingerprint density at radius 3 is 2.26 bits per heavy atom. The lowest BCUT2D eigenvalue weighted by Gasteiger charge is -2.22. The van der Waals surface area contributed by atoms with Crippen LogP contribution in [0.2, 0.25) is 0 Å². The van der Waals surface area contributed by atoms with Crippen LogP contribution in [0.3, 0.4) is 0 Å². The zero-order valence-corrected chi connectivity index (χ0v) is 22.1.